The molecule has 1 aromatic heterocycles. The molecule has 0 spiro atoms. The second kappa shape index (κ2) is 4.80. The van der Waals surface area contributed by atoms with Crippen LogP contribution in [0.3, 0.4) is 0 Å². The van der Waals surface area contributed by atoms with Crippen molar-refractivity contribution in [1.29, 1.82) is 0 Å². The summed E-state index contributed by atoms with van der Waals surface area (Å²) in [6, 6.07) is 0. The maximum atomic E-state index is 4.31. The van der Waals surface area contributed by atoms with Crippen molar-refractivity contribution in [3.05, 3.63) is 18.1 Å². The quantitative estimate of drug-likeness (QED) is 0.769. The van der Waals surface area contributed by atoms with Gasteiger partial charge in [-0.1, -0.05) is 13.8 Å². The Kier molecular flexibility index (Phi) is 3.68. The number of rotatable bonds is 4. The molecule has 1 N–H and O–H groups in total. The van der Waals surface area contributed by atoms with Crippen molar-refractivity contribution < 1.29 is 0 Å². The Hall–Kier alpha value is -1.12. The van der Waals surface area contributed by atoms with E-state index < -0.39 is 0 Å². The van der Waals surface area contributed by atoms with Gasteiger partial charge in [0.25, 0.3) is 0 Å². The molecule has 1 rings (SSSR count). The van der Waals surface area contributed by atoms with Crippen LogP contribution in [0.15, 0.2) is 12.4 Å². The lowest BCUT2D eigenvalue weighted by Gasteiger charge is -2.09. The summed E-state index contributed by atoms with van der Waals surface area (Å²) in [5.41, 5.74) is 1.07. The van der Waals surface area contributed by atoms with E-state index in [-0.39, 0.29) is 0 Å². The zero-order chi connectivity index (χ0) is 9.68. The zero-order valence-electron chi connectivity index (χ0n) is 8.54. The fourth-order valence-corrected chi connectivity index (χ4v) is 1.22. The maximum Gasteiger partial charge on any atom is 0.147 e. The van der Waals surface area contributed by atoms with Crippen LogP contribution in [0.5, 0.6) is 0 Å². The van der Waals surface area contributed by atoms with Crippen molar-refractivity contribution in [1.82, 2.24) is 9.97 Å². The number of aromatic nitrogens is 2. The lowest BCUT2D eigenvalue weighted by atomic mass is 10.1. The normalized spacial score (nSPS) is 10.5. The van der Waals surface area contributed by atoms with Crippen LogP contribution < -0.4 is 5.32 Å². The minimum atomic E-state index is 0.620. The second-order valence-corrected chi connectivity index (χ2v) is 3.48. The van der Waals surface area contributed by atoms with Gasteiger partial charge < -0.3 is 5.32 Å². The molecule has 0 atom stereocenters. The van der Waals surface area contributed by atoms with Crippen molar-refractivity contribution in [3.63, 3.8) is 0 Å². The van der Waals surface area contributed by atoms with Gasteiger partial charge in [0.2, 0.25) is 0 Å². The summed E-state index contributed by atoms with van der Waals surface area (Å²) < 4.78 is 0. The highest BCUT2D eigenvalue weighted by atomic mass is 15.0. The van der Waals surface area contributed by atoms with E-state index in [1.165, 1.54) is 0 Å². The monoisotopic (exact) mass is 179 g/mol. The molecule has 0 bridgehead atoms. The van der Waals surface area contributed by atoms with E-state index in [1.54, 1.807) is 12.4 Å². The Morgan fingerprint density at radius 2 is 2.00 bits per heavy atom. The molecule has 3 heteroatoms. The summed E-state index contributed by atoms with van der Waals surface area (Å²) in [5, 5.41) is 3.21. The van der Waals surface area contributed by atoms with Crippen LogP contribution in [0.1, 0.15) is 26.5 Å². The van der Waals surface area contributed by atoms with E-state index >= 15 is 0 Å². The molecule has 0 aliphatic heterocycles. The summed E-state index contributed by atoms with van der Waals surface area (Å²) in [5.74, 6) is 1.55. The van der Waals surface area contributed by atoms with Gasteiger partial charge in [0.15, 0.2) is 0 Å². The molecule has 0 aliphatic rings. The Labute approximate surface area is 79.6 Å². The maximum absolute atomic E-state index is 4.31. The van der Waals surface area contributed by atoms with Crippen LogP contribution >= 0.6 is 0 Å². The summed E-state index contributed by atoms with van der Waals surface area (Å²) in [4.78, 5) is 8.56. The lowest BCUT2D eigenvalue weighted by Crippen LogP contribution is -2.07. The molecular weight excluding hydrogens is 162 g/mol. The third-order valence-electron chi connectivity index (χ3n) is 1.72. The topological polar surface area (TPSA) is 37.8 Å². The first-order valence-electron chi connectivity index (χ1n) is 4.77. The van der Waals surface area contributed by atoms with Gasteiger partial charge in [0.1, 0.15) is 5.82 Å². The van der Waals surface area contributed by atoms with Gasteiger partial charge in [-0.05, 0) is 19.3 Å². The molecule has 0 saturated heterocycles. The van der Waals surface area contributed by atoms with Crippen LogP contribution in [-0.4, -0.2) is 16.5 Å². The predicted molar refractivity (Wildman–Crippen MR) is 54.7 cm³/mol. The summed E-state index contributed by atoms with van der Waals surface area (Å²) >= 11 is 0. The van der Waals surface area contributed by atoms with Gasteiger partial charge in [-0.3, -0.25) is 4.98 Å². The average Bonchev–Trinajstić information content (AvgIpc) is 2.08. The van der Waals surface area contributed by atoms with Crippen molar-refractivity contribution in [2.45, 2.75) is 27.2 Å². The molecule has 0 aromatic carbocycles. The lowest BCUT2D eigenvalue weighted by molar-refractivity contribution is 0.634. The Morgan fingerprint density at radius 3 is 2.62 bits per heavy atom. The number of nitrogens with one attached hydrogen (secondary N) is 1. The minimum Gasteiger partial charge on any atom is -0.369 e. The van der Waals surface area contributed by atoms with Gasteiger partial charge in [-0.2, -0.15) is 0 Å². The van der Waals surface area contributed by atoms with Crippen molar-refractivity contribution in [3.8, 4) is 0 Å². The molecule has 3 nitrogen and oxygen atoms in total. The molecule has 0 amide bonds. The van der Waals surface area contributed by atoms with Gasteiger partial charge in [0, 0.05) is 18.9 Å². The Morgan fingerprint density at radius 1 is 1.31 bits per heavy atom. The molecule has 0 fully saturated rings. The van der Waals surface area contributed by atoms with Gasteiger partial charge in [-0.15, -0.1) is 0 Å². The molecule has 1 heterocycles. The number of anilines is 1. The first-order chi connectivity index (χ1) is 6.24. The van der Waals surface area contributed by atoms with Gasteiger partial charge in [0.05, 0.1) is 5.69 Å². The van der Waals surface area contributed by atoms with Gasteiger partial charge in [-0.25, -0.2) is 4.98 Å². The van der Waals surface area contributed by atoms with Crippen molar-refractivity contribution in [2.24, 2.45) is 5.92 Å². The van der Waals surface area contributed by atoms with Crippen LogP contribution in [0, 0.1) is 5.92 Å². The van der Waals surface area contributed by atoms with Gasteiger partial charge >= 0.3 is 0 Å². The third kappa shape index (κ3) is 3.01. The van der Waals surface area contributed by atoms with E-state index in [2.05, 4.69) is 36.1 Å². The van der Waals surface area contributed by atoms with Crippen LogP contribution in [0.4, 0.5) is 5.82 Å². The van der Waals surface area contributed by atoms with E-state index in [1.807, 2.05) is 0 Å². The molecule has 72 valence electrons. The average molecular weight is 179 g/mol. The van der Waals surface area contributed by atoms with Crippen LogP contribution in [0.2, 0.25) is 0 Å². The second-order valence-electron chi connectivity index (χ2n) is 3.48. The fourth-order valence-electron chi connectivity index (χ4n) is 1.22. The SMILES string of the molecule is CCNc1nccnc1CC(C)C. The molecule has 0 unspecified atom stereocenters. The van der Waals surface area contributed by atoms with E-state index in [0.717, 1.165) is 24.5 Å². The standard InChI is InChI=1S/C10H17N3/c1-4-11-10-9(7-8(2)3)12-5-6-13-10/h5-6,8H,4,7H2,1-3H3,(H,11,13). The number of nitrogens with zero attached hydrogens (tertiary/aromatic N) is 2. The molecule has 0 aliphatic carbocycles. The van der Waals surface area contributed by atoms with Crippen molar-refractivity contribution in [2.75, 3.05) is 11.9 Å². The highest BCUT2D eigenvalue weighted by Gasteiger charge is 2.05. The fraction of sp³-hybridized carbons (Fsp3) is 0.600. The first-order valence-corrected chi connectivity index (χ1v) is 4.77. The summed E-state index contributed by atoms with van der Waals surface area (Å²) in [6.45, 7) is 7.33. The van der Waals surface area contributed by atoms with Crippen LogP contribution in [0.25, 0.3) is 0 Å². The molecular formula is C10H17N3. The highest BCUT2D eigenvalue weighted by Crippen LogP contribution is 2.12. The predicted octanol–water partition coefficient (Wildman–Crippen LogP) is 2.11. The molecule has 0 radical (unpaired) electrons. The van der Waals surface area contributed by atoms with Crippen LogP contribution in [-0.2, 0) is 6.42 Å². The molecule has 0 saturated carbocycles. The Balaban J connectivity index is 2.78. The van der Waals surface area contributed by atoms with Crippen molar-refractivity contribution >= 4 is 5.82 Å². The number of hydrogen-bond acceptors (Lipinski definition) is 3. The van der Waals surface area contributed by atoms with E-state index in [0.29, 0.717) is 5.92 Å². The van der Waals surface area contributed by atoms with E-state index in [4.69, 9.17) is 0 Å². The third-order valence-corrected chi connectivity index (χ3v) is 1.72. The largest absolute Gasteiger partial charge is 0.369 e. The first kappa shape index (κ1) is 9.96. The number of hydrogen-bond donors (Lipinski definition) is 1. The summed E-state index contributed by atoms with van der Waals surface area (Å²) in [7, 11) is 0. The molecule has 13 heavy (non-hydrogen) atoms. The minimum absolute atomic E-state index is 0.620. The van der Waals surface area contributed by atoms with E-state index in [9.17, 15) is 0 Å². The zero-order valence-corrected chi connectivity index (χ0v) is 8.54. The molecule has 1 aromatic rings. The summed E-state index contributed by atoms with van der Waals surface area (Å²) in [6.07, 6.45) is 4.45. The Bertz CT molecular complexity index is 258. The highest BCUT2D eigenvalue weighted by molar-refractivity contribution is 5.39. The smallest absolute Gasteiger partial charge is 0.147 e.